The fourth-order valence-corrected chi connectivity index (χ4v) is 5.07. The predicted octanol–water partition coefficient (Wildman–Crippen LogP) is 4.20. The minimum atomic E-state index is -0.766. The van der Waals surface area contributed by atoms with Gasteiger partial charge in [0.05, 0.1) is 10.6 Å². The van der Waals surface area contributed by atoms with E-state index < -0.39 is 22.9 Å². The highest BCUT2D eigenvalue weighted by Crippen LogP contribution is 2.30. The number of aromatic nitrogens is 3. The quantitative estimate of drug-likeness (QED) is 0.411. The molecule has 1 aromatic carbocycles. The minimum absolute atomic E-state index is 0.00569. The number of halogens is 2. The van der Waals surface area contributed by atoms with E-state index in [1.54, 1.807) is 19.1 Å². The van der Waals surface area contributed by atoms with Crippen molar-refractivity contribution < 1.29 is 18.8 Å². The van der Waals surface area contributed by atoms with Crippen LogP contribution in [0.15, 0.2) is 29.2 Å². The molecule has 2 aromatic heterocycles. The van der Waals surface area contributed by atoms with E-state index in [1.807, 2.05) is 0 Å². The molecule has 3 aromatic rings. The molecule has 8 nitrogen and oxygen atoms in total. The van der Waals surface area contributed by atoms with Crippen molar-refractivity contribution >= 4 is 41.1 Å². The van der Waals surface area contributed by atoms with E-state index in [-0.39, 0.29) is 46.0 Å². The fraction of sp³-hybridized carbons (Fsp3) is 0.300. The number of aryl methyl sites for hydroxylation is 1. The van der Waals surface area contributed by atoms with Crippen molar-refractivity contribution in [2.45, 2.75) is 38.8 Å². The number of fused-ring (bicyclic) bond motifs is 1. The van der Waals surface area contributed by atoms with Gasteiger partial charge in [-0.3, -0.25) is 13.9 Å². The number of rotatable bonds is 4. The van der Waals surface area contributed by atoms with Gasteiger partial charge in [-0.1, -0.05) is 35.1 Å². The Labute approximate surface area is 195 Å². The maximum atomic E-state index is 14.2. The third-order valence-corrected chi connectivity index (χ3v) is 7.19. The van der Waals surface area contributed by atoms with Gasteiger partial charge in [-0.05, 0) is 31.4 Å². The summed E-state index contributed by atoms with van der Waals surface area (Å²) in [6.07, 6.45) is 2.90. The molecule has 0 saturated heterocycles. The van der Waals surface area contributed by atoms with Gasteiger partial charge in [0.25, 0.3) is 5.91 Å². The maximum absolute atomic E-state index is 14.2. The van der Waals surface area contributed by atoms with Crippen molar-refractivity contribution in [1.29, 1.82) is 0 Å². The van der Waals surface area contributed by atoms with Crippen LogP contribution in [0.5, 0.6) is 5.75 Å². The topological polar surface area (TPSA) is 109 Å². The van der Waals surface area contributed by atoms with Crippen molar-refractivity contribution in [2.75, 3.05) is 0 Å². The van der Waals surface area contributed by atoms with E-state index in [0.29, 0.717) is 30.0 Å². The molecule has 0 aliphatic carbocycles. The van der Waals surface area contributed by atoms with Crippen LogP contribution in [0.3, 0.4) is 0 Å². The molecule has 1 amide bonds. The van der Waals surface area contributed by atoms with E-state index in [0.717, 1.165) is 15.6 Å². The van der Waals surface area contributed by atoms with Crippen LogP contribution in [0.1, 0.15) is 40.8 Å². The summed E-state index contributed by atoms with van der Waals surface area (Å²) in [6, 6.07) is 4.41. The summed E-state index contributed by atoms with van der Waals surface area (Å²) in [5.41, 5.74) is -0.514. The van der Waals surface area contributed by atoms with Crippen LogP contribution in [0, 0.1) is 5.82 Å². The zero-order valence-corrected chi connectivity index (χ0v) is 19.2. The SMILES string of the molecule is C[C@H]1CCCn2cc(-c3nnc(Cc4cccc(Cl)c4F)s3)c(=O)c(O)c2C(=O)N1SO. The number of nitrogens with zero attached hydrogens (tertiary/aromatic N) is 4. The summed E-state index contributed by atoms with van der Waals surface area (Å²) in [6.45, 7) is 2.18. The largest absolute Gasteiger partial charge is 0.503 e. The molecule has 0 saturated carbocycles. The highest BCUT2D eigenvalue weighted by Gasteiger charge is 2.31. The Kier molecular flexibility index (Phi) is 6.52. The minimum Gasteiger partial charge on any atom is -0.503 e. The molecule has 0 radical (unpaired) electrons. The number of aromatic hydroxyl groups is 1. The van der Waals surface area contributed by atoms with Crippen molar-refractivity contribution in [3.05, 3.63) is 61.7 Å². The first-order valence-corrected chi connectivity index (χ1v) is 11.6. The van der Waals surface area contributed by atoms with E-state index in [9.17, 15) is 23.6 Å². The first-order valence-electron chi connectivity index (χ1n) is 9.69. The molecule has 4 rings (SSSR count). The summed E-state index contributed by atoms with van der Waals surface area (Å²) in [5, 5.41) is 19.4. The highest BCUT2D eigenvalue weighted by atomic mass is 35.5. The lowest BCUT2D eigenvalue weighted by Gasteiger charge is -2.29. The Hall–Kier alpha value is -2.47. The average Bonchev–Trinajstić information content (AvgIpc) is 3.21. The Morgan fingerprint density at radius 3 is 2.88 bits per heavy atom. The summed E-state index contributed by atoms with van der Waals surface area (Å²) >= 11 is 7.18. The molecular formula is C20H18ClFN4O4S2. The zero-order chi connectivity index (χ0) is 23.0. The molecule has 0 bridgehead atoms. The third kappa shape index (κ3) is 4.13. The van der Waals surface area contributed by atoms with E-state index in [2.05, 4.69) is 10.2 Å². The van der Waals surface area contributed by atoms with Gasteiger partial charge in [0.2, 0.25) is 5.43 Å². The van der Waals surface area contributed by atoms with Crippen LogP contribution in [-0.2, 0) is 13.0 Å². The standard InChI is InChI=1S/C20H18ClFN4O4S2/c1-10-4-3-7-25-9-12(17(27)18(28)16(25)20(29)26(10)32-30)19-24-23-14(31-19)8-11-5-2-6-13(21)15(11)22/h2,5-6,9-10,28,30H,3-4,7-8H2,1H3/t10-/m0/s1. The number of pyridine rings is 1. The van der Waals surface area contributed by atoms with Crippen LogP contribution in [0.4, 0.5) is 4.39 Å². The Morgan fingerprint density at radius 2 is 2.12 bits per heavy atom. The van der Waals surface area contributed by atoms with Gasteiger partial charge in [0, 0.05) is 25.2 Å². The lowest BCUT2D eigenvalue weighted by Crippen LogP contribution is -2.37. The maximum Gasteiger partial charge on any atom is 0.286 e. The molecular weight excluding hydrogens is 479 g/mol. The summed E-state index contributed by atoms with van der Waals surface area (Å²) in [7, 11) is 0. The zero-order valence-electron chi connectivity index (χ0n) is 16.8. The second-order valence-electron chi connectivity index (χ2n) is 7.36. The van der Waals surface area contributed by atoms with Gasteiger partial charge in [-0.15, -0.1) is 10.2 Å². The number of hydrogen-bond acceptors (Lipinski definition) is 8. The molecule has 1 atom stereocenters. The van der Waals surface area contributed by atoms with Crippen LogP contribution in [0.25, 0.3) is 10.6 Å². The van der Waals surface area contributed by atoms with Gasteiger partial charge in [-0.25, -0.2) is 4.39 Å². The van der Waals surface area contributed by atoms with E-state index >= 15 is 0 Å². The molecule has 1 aliphatic heterocycles. The number of carbonyl (C=O) groups excluding carboxylic acids is 1. The summed E-state index contributed by atoms with van der Waals surface area (Å²) < 4.78 is 26.4. The third-order valence-electron chi connectivity index (χ3n) is 5.24. The molecule has 1 aliphatic rings. The Morgan fingerprint density at radius 1 is 1.34 bits per heavy atom. The van der Waals surface area contributed by atoms with Crippen molar-refractivity contribution in [1.82, 2.24) is 19.1 Å². The Bertz CT molecular complexity index is 1250. The summed E-state index contributed by atoms with van der Waals surface area (Å²) in [4.78, 5) is 25.8. The molecule has 0 unspecified atom stereocenters. The molecule has 168 valence electrons. The van der Waals surface area contributed by atoms with Crippen LogP contribution in [-0.4, -0.2) is 40.7 Å². The molecule has 3 heterocycles. The van der Waals surface area contributed by atoms with E-state index in [4.69, 9.17) is 11.6 Å². The Balaban J connectivity index is 1.73. The average molecular weight is 497 g/mol. The smallest absolute Gasteiger partial charge is 0.286 e. The number of hydrogen-bond donors (Lipinski definition) is 2. The number of carbonyl (C=O) groups is 1. The first-order chi connectivity index (χ1) is 15.3. The highest BCUT2D eigenvalue weighted by molar-refractivity contribution is 7.91. The van der Waals surface area contributed by atoms with Crippen molar-refractivity contribution in [2.24, 2.45) is 0 Å². The van der Waals surface area contributed by atoms with Gasteiger partial charge in [-0.2, -0.15) is 0 Å². The number of amides is 1. The molecule has 0 spiro atoms. The lowest BCUT2D eigenvalue weighted by molar-refractivity contribution is 0.0804. The van der Waals surface area contributed by atoms with Crippen LogP contribution in [0.2, 0.25) is 5.02 Å². The second kappa shape index (κ2) is 9.18. The monoisotopic (exact) mass is 496 g/mol. The normalized spacial score (nSPS) is 16.6. The van der Waals surface area contributed by atoms with Gasteiger partial charge in [0.15, 0.2) is 16.5 Å². The molecule has 0 fully saturated rings. The first kappa shape index (κ1) is 22.7. The summed E-state index contributed by atoms with van der Waals surface area (Å²) in [5.74, 6) is -1.90. The van der Waals surface area contributed by atoms with Crippen molar-refractivity contribution in [3.63, 3.8) is 0 Å². The van der Waals surface area contributed by atoms with Gasteiger partial charge < -0.3 is 14.2 Å². The van der Waals surface area contributed by atoms with Crippen LogP contribution < -0.4 is 5.43 Å². The van der Waals surface area contributed by atoms with Gasteiger partial charge >= 0.3 is 0 Å². The molecule has 32 heavy (non-hydrogen) atoms. The van der Waals surface area contributed by atoms with E-state index in [1.165, 1.54) is 16.8 Å². The second-order valence-corrected chi connectivity index (χ2v) is 9.38. The van der Waals surface area contributed by atoms with Crippen molar-refractivity contribution in [3.8, 4) is 16.3 Å². The molecule has 12 heteroatoms. The van der Waals surface area contributed by atoms with Crippen LogP contribution >= 0.6 is 35.2 Å². The predicted molar refractivity (Wildman–Crippen MR) is 121 cm³/mol. The van der Waals surface area contributed by atoms with Gasteiger partial charge in [0.1, 0.15) is 23.1 Å². The lowest BCUT2D eigenvalue weighted by atomic mass is 10.1. The number of benzene rings is 1. The molecule has 2 N–H and O–H groups in total. The fourth-order valence-electron chi connectivity index (χ4n) is 3.58.